The van der Waals surface area contributed by atoms with Gasteiger partial charge in [0.15, 0.2) is 51.7 Å². The van der Waals surface area contributed by atoms with E-state index in [0.717, 1.165) is 110 Å². The molecule has 24 heteroatoms. The number of benzene rings is 8. The largest absolute Gasteiger partial charge is 0.504 e. The van der Waals surface area contributed by atoms with E-state index >= 15 is 0 Å². The Morgan fingerprint density at radius 1 is 0.500 bits per heavy atom. The molecule has 0 radical (unpaired) electrons. The number of unbranched alkanes of at least 4 members (excludes halogenated alkanes) is 2. The molecule has 16 rings (SSSR count). The predicted octanol–water partition coefficient (Wildman–Crippen LogP) is 17.9. The van der Waals surface area contributed by atoms with E-state index in [2.05, 4.69) is 28.2 Å². The van der Waals surface area contributed by atoms with E-state index in [0.29, 0.717) is 63.3 Å². The lowest BCUT2D eigenvalue weighted by atomic mass is 9.53. The third-order valence-corrected chi connectivity index (χ3v) is 22.0. The highest BCUT2D eigenvalue weighted by Gasteiger charge is 2.54. The number of halogens is 1. The highest BCUT2D eigenvalue weighted by Crippen LogP contribution is 2.58. The van der Waals surface area contributed by atoms with Crippen LogP contribution >= 0.6 is 15.9 Å². The van der Waals surface area contributed by atoms with Crippen molar-refractivity contribution < 1.29 is 98.9 Å². The summed E-state index contributed by atoms with van der Waals surface area (Å²) in [7, 11) is 0. The molecule has 8 saturated carbocycles. The Labute approximate surface area is 668 Å². The molecule has 0 saturated heterocycles. The fourth-order valence-electron chi connectivity index (χ4n) is 16.7. The first kappa shape index (κ1) is 84.4. The number of hydrogen-bond acceptors (Lipinski definition) is 21. The van der Waals surface area contributed by atoms with Crippen LogP contribution < -0.4 is 10.1 Å². The van der Waals surface area contributed by atoms with Crippen LogP contribution in [0.15, 0.2) is 187 Å². The van der Waals surface area contributed by atoms with Crippen molar-refractivity contribution in [3.63, 3.8) is 0 Å². The summed E-state index contributed by atoms with van der Waals surface area (Å²) in [5, 5.41) is 110. The van der Waals surface area contributed by atoms with Crippen molar-refractivity contribution in [3.05, 3.63) is 230 Å². The zero-order valence-electron chi connectivity index (χ0n) is 63.3. The smallest absolute Gasteiger partial charge is 0.336 e. The molecule has 1 unspecified atom stereocenters. The van der Waals surface area contributed by atoms with E-state index < -0.39 is 46.0 Å². The van der Waals surface area contributed by atoms with Crippen molar-refractivity contribution in [2.45, 2.75) is 140 Å². The van der Waals surface area contributed by atoms with E-state index in [1.54, 1.807) is 48.6 Å². The summed E-state index contributed by atoms with van der Waals surface area (Å²) in [6.07, 6.45) is 32.8. The molecule has 8 aliphatic carbocycles. The molecule has 1 amide bonds. The van der Waals surface area contributed by atoms with Crippen molar-refractivity contribution in [1.29, 1.82) is 0 Å². The molecule has 0 aliphatic heterocycles. The summed E-state index contributed by atoms with van der Waals surface area (Å²) in [6, 6.07) is 41.5. The van der Waals surface area contributed by atoms with Crippen LogP contribution in [-0.2, 0) is 44.6 Å². The number of esters is 4. The number of nitrogens with zero attached hydrogens (tertiary/aromatic N) is 1. The number of fused-ring (bicyclic) bond motifs is 1. The monoisotopic (exact) mass is 1620 g/mol. The normalized spacial score (nSPS) is 20.8. The number of aromatic hydroxyl groups is 10. The van der Waals surface area contributed by atoms with Crippen molar-refractivity contribution >= 4 is 92.6 Å². The molecule has 8 aromatic rings. The third-order valence-electron chi connectivity index (χ3n) is 21.2. The number of nitro benzene ring substituents is 1. The number of hydrogen-bond donors (Lipinski definition) is 11. The minimum atomic E-state index is -0.813. The molecule has 1 atom stereocenters. The highest BCUT2D eigenvalue weighted by atomic mass is 79.9. The Bertz CT molecular complexity index is 4840. The fourth-order valence-corrected chi connectivity index (χ4v) is 17.1. The van der Waals surface area contributed by atoms with Crippen LogP contribution in [0.4, 0.5) is 5.69 Å². The van der Waals surface area contributed by atoms with Crippen molar-refractivity contribution in [1.82, 2.24) is 5.32 Å². The van der Waals surface area contributed by atoms with Crippen LogP contribution in [0.1, 0.15) is 150 Å². The molecule has 23 nitrogen and oxygen atoms in total. The Hall–Kier alpha value is -12.1. The van der Waals surface area contributed by atoms with Gasteiger partial charge in [0.2, 0.25) is 11.7 Å². The molecule has 8 aliphatic rings. The Morgan fingerprint density at radius 3 is 1.50 bits per heavy atom. The molecule has 11 N–H and O–H groups in total. The zero-order chi connectivity index (χ0) is 81.6. The van der Waals surface area contributed by atoms with Crippen LogP contribution in [0.5, 0.6) is 63.2 Å². The lowest BCUT2D eigenvalue weighted by Crippen LogP contribution is -2.59. The van der Waals surface area contributed by atoms with Crippen LogP contribution in [0.2, 0.25) is 0 Å². The quantitative estimate of drug-likeness (QED) is 0.00439. The number of phenolic OH excluding ortho intramolecular Hbond substituents is 10. The molecule has 8 fully saturated rings. The molecule has 8 aromatic carbocycles. The molecular formula is C90H95BrN2O21. The van der Waals surface area contributed by atoms with E-state index in [1.165, 1.54) is 130 Å². The van der Waals surface area contributed by atoms with Gasteiger partial charge in [-0.3, -0.25) is 14.9 Å². The Kier molecular flexibility index (Phi) is 29.2. The lowest BCUT2D eigenvalue weighted by Gasteiger charge is -2.56. The van der Waals surface area contributed by atoms with Gasteiger partial charge in [-0.05, 0) is 290 Å². The molecule has 0 aromatic heterocycles. The van der Waals surface area contributed by atoms with E-state index in [-0.39, 0.29) is 74.7 Å². The summed E-state index contributed by atoms with van der Waals surface area (Å²) >= 11 is 3.15. The minimum Gasteiger partial charge on any atom is -0.504 e. The molecule has 598 valence electrons. The minimum absolute atomic E-state index is 0.0211. The van der Waals surface area contributed by atoms with Gasteiger partial charge in [-0.2, -0.15) is 0 Å². The molecule has 114 heavy (non-hydrogen) atoms. The van der Waals surface area contributed by atoms with Gasteiger partial charge in [0.25, 0.3) is 0 Å². The highest BCUT2D eigenvalue weighted by molar-refractivity contribution is 9.10. The first-order valence-electron chi connectivity index (χ1n) is 38.1. The van der Waals surface area contributed by atoms with Crippen molar-refractivity contribution in [2.75, 3.05) is 6.61 Å². The SMILES string of the molecule is CCCCCC(C)OC(=O)/C=C/c1ccc(O)c(O)c1.O=C(/C=C/c1ccc(O)c(O)c1)NC12CC3CC(CC(C3)C1)C2.O=C(/C=C/c1ccc(O)c(O)c1)Oc1ccc2ccccc2c1.O=C(/C=C/c1ccc(O)c(O)c1Br)OCCc1ccccc1.O=C(/C=C/c1ccc(O)c(O)c1[N+](=O)[O-])OC12CC3CC(CC(C3)C1)C2. The summed E-state index contributed by atoms with van der Waals surface area (Å²) in [5.74, 6) is -0.198. The zero-order valence-corrected chi connectivity index (χ0v) is 64.9. The van der Waals surface area contributed by atoms with Crippen LogP contribution in [0.3, 0.4) is 0 Å². The average molecular weight is 1620 g/mol. The van der Waals surface area contributed by atoms with Gasteiger partial charge in [0.1, 0.15) is 11.4 Å². The Morgan fingerprint density at radius 2 is 0.965 bits per heavy atom. The lowest BCUT2D eigenvalue weighted by molar-refractivity contribution is -0.386. The number of amides is 1. The first-order chi connectivity index (χ1) is 54.6. The molecule has 0 heterocycles. The van der Waals surface area contributed by atoms with Gasteiger partial charge < -0.3 is 75.3 Å². The van der Waals surface area contributed by atoms with E-state index in [9.17, 15) is 85.2 Å². The Balaban J connectivity index is 0.000000151. The first-order valence-corrected chi connectivity index (χ1v) is 38.9. The van der Waals surface area contributed by atoms with Gasteiger partial charge >= 0.3 is 29.6 Å². The van der Waals surface area contributed by atoms with Gasteiger partial charge in [0.05, 0.1) is 27.7 Å². The third kappa shape index (κ3) is 24.2. The number of ether oxygens (including phenoxy) is 4. The maximum Gasteiger partial charge on any atom is 0.336 e. The van der Waals surface area contributed by atoms with Crippen molar-refractivity contribution in [2.24, 2.45) is 35.5 Å². The fraction of sp³-hybridized carbons (Fsp3) is 0.322. The number of nitro groups is 1. The van der Waals surface area contributed by atoms with Crippen molar-refractivity contribution in [3.8, 4) is 63.2 Å². The molecule has 8 bridgehead atoms. The predicted molar refractivity (Wildman–Crippen MR) is 435 cm³/mol. The second-order valence-corrected chi connectivity index (χ2v) is 31.0. The van der Waals surface area contributed by atoms with E-state index in [4.69, 9.17) is 18.9 Å². The summed E-state index contributed by atoms with van der Waals surface area (Å²) in [6.45, 7) is 4.31. The van der Waals surface area contributed by atoms with Gasteiger partial charge in [-0.15, -0.1) is 0 Å². The number of phenols is 10. The maximum absolute atomic E-state index is 12.3. The van der Waals surface area contributed by atoms with Crippen LogP contribution in [-0.4, -0.2) is 110 Å². The van der Waals surface area contributed by atoms with Gasteiger partial charge in [-0.1, -0.05) is 98.6 Å². The molecular weight excluding hydrogens is 1520 g/mol. The van der Waals surface area contributed by atoms with Crippen LogP contribution in [0.25, 0.3) is 41.2 Å². The standard InChI is InChI=1S/C19H21NO6.C19H23NO3.C19H14O4.C17H15BrO4.C16H22O4/c21-15-3-1-14(17(18(15)23)20(24)25)2-4-16(22)26-19-8-11-5-12(9-19)7-13(6-11)10-19;21-16-3-1-12(8-17(16)22)2-4-18(23)20-19-9-13-5-14(10-19)7-15(6-13)11-19;20-17-9-5-13(11-18(17)21)6-10-19(22)23-16-8-7-14-3-1-2-4-15(14)12-16;18-16-13(6-8-14(19)17(16)21)7-9-15(20)22-11-10-12-4-2-1-3-5-12;1-3-4-5-6-12(2)20-16(19)10-8-13-7-9-14(17)15(18)11-13/h1-4,11-13,21,23H,5-10H2;1-4,8,13-15,21-22H,5-7,9-11H2,(H,20,23);1-12,20-21H;1-9,19,21H,10-11H2;7-12,17-18H,3-6H2,1-2H3/b2*4-2+;10-6+;9-7+;10-8+. The summed E-state index contributed by atoms with van der Waals surface area (Å²) in [4.78, 5) is 70.1. The topological polar surface area (TPSA) is 380 Å². The number of nitrogens with one attached hydrogen (secondary N) is 1. The number of carbonyl (C=O) groups excluding carboxylic acids is 5. The molecule has 0 spiro atoms. The van der Waals surface area contributed by atoms with Gasteiger partial charge in [-0.25, -0.2) is 19.2 Å². The maximum atomic E-state index is 12.3. The second-order valence-electron chi connectivity index (χ2n) is 30.2. The number of carbonyl (C=O) groups is 5. The summed E-state index contributed by atoms with van der Waals surface area (Å²) < 4.78 is 21.7. The average Bonchev–Trinajstić information content (AvgIpc) is 0.754. The number of rotatable bonds is 22. The van der Waals surface area contributed by atoms with Crippen LogP contribution in [0, 0.1) is 45.6 Å². The van der Waals surface area contributed by atoms with Gasteiger partial charge in [0, 0.05) is 42.3 Å². The van der Waals surface area contributed by atoms with E-state index in [1.807, 2.05) is 67.6 Å². The second kappa shape index (κ2) is 39.4. The summed E-state index contributed by atoms with van der Waals surface area (Å²) in [5.41, 5.74) is 2.61.